The standard InChI is InChI=1S/C28H34N2O5/c1-4-17(2)24(25(31)32)30-26(33)28(3)15-9-14-23(28)29-27(34)35-16-22-20-12-7-5-10-18(20)19-11-6-8-13-21(19)22/h5-8,10-13,17,22-24H,4,9,14-16H2,1-3H3,(H,29,34)(H,30,33)(H,31,32). The fourth-order valence-electron chi connectivity index (χ4n) is 5.44. The number of hydrogen-bond acceptors (Lipinski definition) is 4. The molecule has 0 aliphatic heterocycles. The van der Waals surface area contributed by atoms with E-state index >= 15 is 0 Å². The van der Waals surface area contributed by atoms with Crippen molar-refractivity contribution in [3.63, 3.8) is 0 Å². The Labute approximate surface area is 206 Å². The molecule has 2 aromatic rings. The summed E-state index contributed by atoms with van der Waals surface area (Å²) in [6.07, 6.45) is 2.04. The molecule has 2 aliphatic carbocycles. The average molecular weight is 479 g/mol. The second kappa shape index (κ2) is 10.1. The molecule has 1 fully saturated rings. The number of alkyl carbamates (subject to hydrolysis) is 1. The molecule has 7 nitrogen and oxygen atoms in total. The molecule has 186 valence electrons. The maximum Gasteiger partial charge on any atom is 0.407 e. The molecule has 35 heavy (non-hydrogen) atoms. The predicted molar refractivity (Wildman–Crippen MR) is 133 cm³/mol. The van der Waals surface area contributed by atoms with E-state index < -0.39 is 29.6 Å². The van der Waals surface area contributed by atoms with Gasteiger partial charge in [-0.05, 0) is 47.9 Å². The summed E-state index contributed by atoms with van der Waals surface area (Å²) >= 11 is 0. The van der Waals surface area contributed by atoms with Crippen molar-refractivity contribution in [2.75, 3.05) is 6.61 Å². The second-order valence-electron chi connectivity index (χ2n) is 10.0. The Morgan fingerprint density at radius 2 is 1.69 bits per heavy atom. The summed E-state index contributed by atoms with van der Waals surface area (Å²) in [5.41, 5.74) is 3.69. The van der Waals surface area contributed by atoms with Gasteiger partial charge in [-0.3, -0.25) is 4.79 Å². The van der Waals surface area contributed by atoms with E-state index in [1.54, 1.807) is 6.92 Å². The summed E-state index contributed by atoms with van der Waals surface area (Å²) in [5.74, 6) is -1.63. The first kappa shape index (κ1) is 24.8. The van der Waals surface area contributed by atoms with Gasteiger partial charge in [0.2, 0.25) is 5.91 Å². The molecule has 2 aliphatic rings. The minimum Gasteiger partial charge on any atom is -0.480 e. The monoisotopic (exact) mass is 478 g/mol. The van der Waals surface area contributed by atoms with Gasteiger partial charge in [-0.15, -0.1) is 0 Å². The highest BCUT2D eigenvalue weighted by molar-refractivity contribution is 5.88. The third kappa shape index (κ3) is 4.77. The normalized spacial score (nSPS) is 22.5. The van der Waals surface area contributed by atoms with Gasteiger partial charge in [-0.2, -0.15) is 0 Å². The summed E-state index contributed by atoms with van der Waals surface area (Å²) in [5, 5.41) is 15.2. The van der Waals surface area contributed by atoms with Crippen molar-refractivity contribution in [2.45, 2.75) is 64.5 Å². The van der Waals surface area contributed by atoms with Gasteiger partial charge in [0.1, 0.15) is 12.6 Å². The Morgan fingerprint density at radius 3 is 2.26 bits per heavy atom. The topological polar surface area (TPSA) is 105 Å². The van der Waals surface area contributed by atoms with Gasteiger partial charge < -0.3 is 20.5 Å². The van der Waals surface area contributed by atoms with E-state index in [-0.39, 0.29) is 24.3 Å². The van der Waals surface area contributed by atoms with Crippen LogP contribution in [-0.4, -0.2) is 41.8 Å². The van der Waals surface area contributed by atoms with Crippen LogP contribution in [0.5, 0.6) is 0 Å². The van der Waals surface area contributed by atoms with E-state index in [1.165, 1.54) is 0 Å². The van der Waals surface area contributed by atoms with Crippen molar-refractivity contribution >= 4 is 18.0 Å². The number of aliphatic carboxylic acids is 1. The summed E-state index contributed by atoms with van der Waals surface area (Å²) < 4.78 is 5.67. The average Bonchev–Trinajstić information content (AvgIpc) is 3.38. The number of ether oxygens (including phenoxy) is 1. The fourth-order valence-corrected chi connectivity index (χ4v) is 5.44. The van der Waals surface area contributed by atoms with E-state index in [4.69, 9.17) is 4.74 Å². The molecule has 0 bridgehead atoms. The number of carbonyl (C=O) groups excluding carboxylic acids is 2. The lowest BCUT2D eigenvalue weighted by Gasteiger charge is -2.33. The van der Waals surface area contributed by atoms with Gasteiger partial charge in [0, 0.05) is 12.0 Å². The molecule has 0 radical (unpaired) electrons. The van der Waals surface area contributed by atoms with Crippen LogP contribution in [0, 0.1) is 11.3 Å². The van der Waals surface area contributed by atoms with Crippen molar-refractivity contribution < 1.29 is 24.2 Å². The lowest BCUT2D eigenvalue weighted by Crippen LogP contribution is -2.55. The third-order valence-corrected chi connectivity index (χ3v) is 7.88. The van der Waals surface area contributed by atoms with Crippen LogP contribution in [0.2, 0.25) is 0 Å². The van der Waals surface area contributed by atoms with Crippen molar-refractivity contribution in [3.05, 3.63) is 59.7 Å². The number of hydrogen-bond donors (Lipinski definition) is 3. The summed E-state index contributed by atoms with van der Waals surface area (Å²) in [7, 11) is 0. The molecule has 4 unspecified atom stereocenters. The van der Waals surface area contributed by atoms with Gasteiger partial charge in [0.05, 0.1) is 5.41 Å². The number of nitrogens with one attached hydrogen (secondary N) is 2. The molecule has 0 heterocycles. The molecule has 2 aromatic carbocycles. The molecule has 0 aromatic heterocycles. The third-order valence-electron chi connectivity index (χ3n) is 7.88. The highest BCUT2D eigenvalue weighted by Crippen LogP contribution is 2.44. The van der Waals surface area contributed by atoms with E-state index in [9.17, 15) is 19.5 Å². The van der Waals surface area contributed by atoms with Gasteiger partial charge in [0.25, 0.3) is 0 Å². The molecule has 1 saturated carbocycles. The van der Waals surface area contributed by atoms with E-state index in [0.717, 1.165) is 28.7 Å². The van der Waals surface area contributed by atoms with Crippen LogP contribution in [0.25, 0.3) is 11.1 Å². The largest absolute Gasteiger partial charge is 0.480 e. The lowest BCUT2D eigenvalue weighted by molar-refractivity contribution is -0.145. The Hall–Kier alpha value is -3.35. The molecular weight excluding hydrogens is 444 g/mol. The lowest BCUT2D eigenvalue weighted by atomic mass is 9.83. The quantitative estimate of drug-likeness (QED) is 0.510. The van der Waals surface area contributed by atoms with Gasteiger partial charge in [-0.25, -0.2) is 9.59 Å². The fraction of sp³-hybridized carbons (Fsp3) is 0.464. The maximum atomic E-state index is 13.2. The number of rotatable bonds is 8. The molecule has 0 spiro atoms. The Morgan fingerprint density at radius 1 is 1.09 bits per heavy atom. The number of carboxylic acids is 1. The van der Waals surface area contributed by atoms with Crippen molar-refractivity contribution in [1.82, 2.24) is 10.6 Å². The van der Waals surface area contributed by atoms with Crippen LogP contribution < -0.4 is 10.6 Å². The minimum absolute atomic E-state index is 0.0433. The predicted octanol–water partition coefficient (Wildman–Crippen LogP) is 4.70. The Bertz CT molecular complexity index is 1070. The molecule has 3 N–H and O–H groups in total. The van der Waals surface area contributed by atoms with E-state index in [1.807, 2.05) is 38.1 Å². The highest BCUT2D eigenvalue weighted by Gasteiger charge is 2.47. The van der Waals surface area contributed by atoms with Crippen LogP contribution >= 0.6 is 0 Å². The smallest absolute Gasteiger partial charge is 0.407 e. The zero-order valence-corrected chi connectivity index (χ0v) is 20.5. The summed E-state index contributed by atoms with van der Waals surface area (Å²) in [6.45, 7) is 5.69. The van der Waals surface area contributed by atoms with Crippen molar-refractivity contribution in [3.8, 4) is 11.1 Å². The van der Waals surface area contributed by atoms with Crippen molar-refractivity contribution in [1.29, 1.82) is 0 Å². The summed E-state index contributed by atoms with van der Waals surface area (Å²) in [6, 6.07) is 14.9. The second-order valence-corrected chi connectivity index (χ2v) is 10.0. The zero-order valence-electron chi connectivity index (χ0n) is 20.5. The molecule has 0 saturated heterocycles. The van der Waals surface area contributed by atoms with Crippen LogP contribution in [0.3, 0.4) is 0 Å². The molecule has 4 atom stereocenters. The Balaban J connectivity index is 1.41. The van der Waals surface area contributed by atoms with Crippen LogP contribution in [-0.2, 0) is 14.3 Å². The number of carboxylic acid groups (broad SMARTS) is 1. The minimum atomic E-state index is -1.05. The maximum absolute atomic E-state index is 13.2. The van der Waals surface area contributed by atoms with Gasteiger partial charge >= 0.3 is 12.1 Å². The van der Waals surface area contributed by atoms with Gasteiger partial charge in [0.15, 0.2) is 0 Å². The van der Waals surface area contributed by atoms with Crippen molar-refractivity contribution in [2.24, 2.45) is 11.3 Å². The molecular formula is C28H34N2O5. The number of carbonyl (C=O) groups is 3. The summed E-state index contributed by atoms with van der Waals surface area (Å²) in [4.78, 5) is 37.7. The SMILES string of the molecule is CCC(C)C(NC(=O)C1(C)CCCC1NC(=O)OCC1c2ccccc2-c2ccccc21)C(=O)O. The first-order valence-corrected chi connectivity index (χ1v) is 12.4. The molecule has 4 rings (SSSR count). The van der Waals surface area contributed by atoms with Crippen LogP contribution in [0.4, 0.5) is 4.79 Å². The van der Waals surface area contributed by atoms with Crippen LogP contribution in [0.1, 0.15) is 63.5 Å². The zero-order chi connectivity index (χ0) is 25.2. The first-order valence-electron chi connectivity index (χ1n) is 12.4. The van der Waals surface area contributed by atoms with Crippen LogP contribution in [0.15, 0.2) is 48.5 Å². The first-order chi connectivity index (χ1) is 16.8. The molecule has 2 amide bonds. The van der Waals surface area contributed by atoms with E-state index in [0.29, 0.717) is 19.3 Å². The Kier molecular flexibility index (Phi) is 7.15. The van der Waals surface area contributed by atoms with Gasteiger partial charge in [-0.1, -0.05) is 75.2 Å². The molecule has 7 heteroatoms. The number of fused-ring (bicyclic) bond motifs is 3. The van der Waals surface area contributed by atoms with E-state index in [2.05, 4.69) is 34.9 Å². The highest BCUT2D eigenvalue weighted by atomic mass is 16.5. The number of amides is 2. The number of benzene rings is 2.